The number of nitrogens with one attached hydrogen (secondary N) is 2. The second-order valence-electron chi connectivity index (χ2n) is 8.92. The Kier molecular flexibility index (Phi) is 7.25. The highest BCUT2D eigenvalue weighted by Crippen LogP contribution is 2.26. The monoisotopic (exact) mass is 466 g/mol. The van der Waals surface area contributed by atoms with E-state index in [1.165, 1.54) is 12.1 Å². The third-order valence-corrected chi connectivity index (χ3v) is 6.82. The van der Waals surface area contributed by atoms with Gasteiger partial charge >= 0.3 is 0 Å². The van der Waals surface area contributed by atoms with Crippen LogP contribution in [0.25, 0.3) is 0 Å². The third-order valence-electron chi connectivity index (χ3n) is 5.06. The summed E-state index contributed by atoms with van der Waals surface area (Å²) < 4.78 is 33.5. The van der Waals surface area contributed by atoms with Gasteiger partial charge in [-0.15, -0.1) is 0 Å². The second kappa shape index (κ2) is 9.77. The van der Waals surface area contributed by atoms with E-state index < -0.39 is 21.6 Å². The van der Waals surface area contributed by atoms with Crippen LogP contribution in [0.2, 0.25) is 0 Å². The molecular formula is C26H30N2O4S. The summed E-state index contributed by atoms with van der Waals surface area (Å²) in [6.07, 6.45) is 0. The molecule has 174 valence electrons. The lowest BCUT2D eigenvalue weighted by molar-refractivity contribution is 0.0942. The highest BCUT2D eigenvalue weighted by Gasteiger charge is 2.25. The van der Waals surface area contributed by atoms with Gasteiger partial charge in [0.05, 0.1) is 18.0 Å². The van der Waals surface area contributed by atoms with Crippen LogP contribution in [0.5, 0.6) is 5.75 Å². The summed E-state index contributed by atoms with van der Waals surface area (Å²) in [6.45, 7) is 7.09. The minimum atomic E-state index is -3.78. The molecule has 0 aromatic heterocycles. The number of ether oxygens (including phenoxy) is 1. The Balaban J connectivity index is 1.97. The topological polar surface area (TPSA) is 84.5 Å². The Morgan fingerprint density at radius 1 is 0.909 bits per heavy atom. The van der Waals surface area contributed by atoms with Crippen LogP contribution in [0.3, 0.4) is 0 Å². The number of rotatable bonds is 7. The molecule has 0 saturated heterocycles. The van der Waals surface area contributed by atoms with Gasteiger partial charge in [0.1, 0.15) is 5.75 Å². The minimum Gasteiger partial charge on any atom is -0.497 e. The van der Waals surface area contributed by atoms with Crippen molar-refractivity contribution < 1.29 is 17.9 Å². The lowest BCUT2D eigenvalue weighted by Crippen LogP contribution is -2.40. The van der Waals surface area contributed by atoms with Crippen LogP contribution in [-0.2, 0) is 10.0 Å². The van der Waals surface area contributed by atoms with E-state index in [0.717, 1.165) is 16.9 Å². The first-order chi connectivity index (χ1) is 15.5. The van der Waals surface area contributed by atoms with Gasteiger partial charge in [-0.1, -0.05) is 48.5 Å². The van der Waals surface area contributed by atoms with Gasteiger partial charge in [0.25, 0.3) is 5.91 Å². The fraction of sp³-hybridized carbons (Fsp3) is 0.269. The average molecular weight is 467 g/mol. The van der Waals surface area contributed by atoms with Gasteiger partial charge in [0.15, 0.2) is 0 Å². The van der Waals surface area contributed by atoms with Crippen molar-refractivity contribution in [3.8, 4) is 5.75 Å². The number of methoxy groups -OCH3 is 1. The summed E-state index contributed by atoms with van der Waals surface area (Å²) in [5.74, 6) is 0.363. The molecule has 0 bridgehead atoms. The molecule has 0 fully saturated rings. The molecule has 1 unspecified atom stereocenters. The summed E-state index contributed by atoms with van der Waals surface area (Å²) in [5.41, 5.74) is 2.14. The molecule has 1 amide bonds. The highest BCUT2D eigenvalue weighted by molar-refractivity contribution is 7.89. The van der Waals surface area contributed by atoms with E-state index in [-0.39, 0.29) is 10.8 Å². The van der Waals surface area contributed by atoms with E-state index in [2.05, 4.69) is 10.0 Å². The number of hydrogen-bond donors (Lipinski definition) is 2. The molecule has 2 N–H and O–H groups in total. The molecule has 0 saturated carbocycles. The maximum absolute atomic E-state index is 13.4. The molecule has 0 heterocycles. The summed E-state index contributed by atoms with van der Waals surface area (Å²) in [4.78, 5) is 13.4. The van der Waals surface area contributed by atoms with Crippen molar-refractivity contribution >= 4 is 15.9 Å². The van der Waals surface area contributed by atoms with Crippen LogP contribution in [-0.4, -0.2) is 27.0 Å². The van der Waals surface area contributed by atoms with Gasteiger partial charge in [-0.2, -0.15) is 0 Å². The van der Waals surface area contributed by atoms with Crippen LogP contribution in [0.1, 0.15) is 53.9 Å². The predicted octanol–water partition coefficient (Wildman–Crippen LogP) is 4.60. The number of carbonyl (C=O) groups is 1. The molecule has 0 spiro atoms. The molecule has 7 heteroatoms. The molecule has 33 heavy (non-hydrogen) atoms. The van der Waals surface area contributed by atoms with Crippen molar-refractivity contribution in [1.29, 1.82) is 0 Å². The van der Waals surface area contributed by atoms with E-state index in [1.54, 1.807) is 40.9 Å². The van der Waals surface area contributed by atoms with Gasteiger partial charge in [-0.25, -0.2) is 13.1 Å². The van der Waals surface area contributed by atoms with E-state index in [4.69, 9.17) is 4.74 Å². The molecule has 0 aliphatic heterocycles. The largest absolute Gasteiger partial charge is 0.497 e. The van der Waals surface area contributed by atoms with Gasteiger partial charge in [-0.3, -0.25) is 4.79 Å². The Labute approximate surface area is 196 Å². The number of aryl methyl sites for hydroxylation is 1. The minimum absolute atomic E-state index is 0.0499. The Morgan fingerprint density at radius 2 is 1.52 bits per heavy atom. The summed E-state index contributed by atoms with van der Waals surface area (Å²) in [6, 6.07) is 21.3. The predicted molar refractivity (Wildman–Crippen MR) is 130 cm³/mol. The van der Waals surface area contributed by atoms with Crippen LogP contribution >= 0.6 is 0 Å². The van der Waals surface area contributed by atoms with Crippen molar-refractivity contribution in [1.82, 2.24) is 10.0 Å². The number of benzene rings is 3. The molecule has 0 aliphatic carbocycles. The van der Waals surface area contributed by atoms with Crippen molar-refractivity contribution in [3.63, 3.8) is 0 Å². The zero-order chi connectivity index (χ0) is 24.2. The van der Waals surface area contributed by atoms with Gasteiger partial charge < -0.3 is 10.1 Å². The molecule has 6 nitrogen and oxygen atoms in total. The second-order valence-corrected chi connectivity index (χ2v) is 10.6. The number of amides is 1. The number of hydrogen-bond acceptors (Lipinski definition) is 4. The standard InChI is InChI=1S/C26H30N2O4S/c1-18-11-16-22(33(30,31)28-26(2,3)4)17-23(18)25(29)27-24(19-9-7-6-8-10-19)20-12-14-21(32-5)15-13-20/h6-17,24,28H,1-5H3,(H,27,29). The first-order valence-corrected chi connectivity index (χ1v) is 12.1. The molecule has 3 rings (SSSR count). The number of carbonyl (C=O) groups excluding carboxylic acids is 1. The fourth-order valence-electron chi connectivity index (χ4n) is 3.48. The maximum Gasteiger partial charge on any atom is 0.252 e. The molecule has 3 aromatic rings. The first-order valence-electron chi connectivity index (χ1n) is 10.6. The fourth-order valence-corrected chi connectivity index (χ4v) is 4.93. The average Bonchev–Trinajstić information content (AvgIpc) is 2.76. The smallest absolute Gasteiger partial charge is 0.252 e. The van der Waals surface area contributed by atoms with Crippen molar-refractivity contribution in [2.24, 2.45) is 0 Å². The van der Waals surface area contributed by atoms with E-state index in [9.17, 15) is 13.2 Å². The first kappa shape index (κ1) is 24.5. The quantitative estimate of drug-likeness (QED) is 0.533. The van der Waals surface area contributed by atoms with Crippen LogP contribution < -0.4 is 14.8 Å². The lowest BCUT2D eigenvalue weighted by Gasteiger charge is -2.22. The normalized spacial score (nSPS) is 12.8. The van der Waals surface area contributed by atoms with Gasteiger partial charge in [-0.05, 0) is 68.7 Å². The van der Waals surface area contributed by atoms with E-state index in [0.29, 0.717) is 11.1 Å². The maximum atomic E-state index is 13.4. The summed E-state index contributed by atoms with van der Waals surface area (Å²) in [5, 5.41) is 3.08. The van der Waals surface area contributed by atoms with E-state index >= 15 is 0 Å². The van der Waals surface area contributed by atoms with Crippen molar-refractivity contribution in [2.45, 2.75) is 44.2 Å². The van der Waals surface area contributed by atoms with Crippen molar-refractivity contribution in [3.05, 3.63) is 95.1 Å². The zero-order valence-electron chi connectivity index (χ0n) is 19.5. The SMILES string of the molecule is COc1ccc(C(NC(=O)c2cc(S(=O)(=O)NC(C)(C)C)ccc2C)c2ccccc2)cc1. The molecular weight excluding hydrogens is 436 g/mol. The van der Waals surface area contributed by atoms with Crippen LogP contribution in [0, 0.1) is 6.92 Å². The van der Waals surface area contributed by atoms with Gasteiger partial charge in [0, 0.05) is 11.1 Å². The molecule has 3 aromatic carbocycles. The Morgan fingerprint density at radius 3 is 2.09 bits per heavy atom. The molecule has 1 atom stereocenters. The van der Waals surface area contributed by atoms with Crippen molar-refractivity contribution in [2.75, 3.05) is 7.11 Å². The number of sulfonamides is 1. The Bertz CT molecular complexity index is 1220. The zero-order valence-corrected chi connectivity index (χ0v) is 20.4. The summed E-state index contributed by atoms with van der Waals surface area (Å²) >= 11 is 0. The van der Waals surface area contributed by atoms with Gasteiger partial charge in [0.2, 0.25) is 10.0 Å². The van der Waals surface area contributed by atoms with Crippen LogP contribution in [0.4, 0.5) is 0 Å². The Hall–Kier alpha value is -3.16. The highest BCUT2D eigenvalue weighted by atomic mass is 32.2. The molecule has 0 radical (unpaired) electrons. The third kappa shape index (κ3) is 6.21. The lowest BCUT2D eigenvalue weighted by atomic mass is 9.97. The summed E-state index contributed by atoms with van der Waals surface area (Å²) in [7, 11) is -2.17. The molecule has 0 aliphatic rings. The van der Waals surface area contributed by atoms with E-state index in [1.807, 2.05) is 54.6 Å². The van der Waals surface area contributed by atoms with Crippen LogP contribution in [0.15, 0.2) is 77.7 Å².